The molecule has 0 amide bonds. The van der Waals surface area contributed by atoms with Crippen LogP contribution in [0.3, 0.4) is 0 Å². The van der Waals surface area contributed by atoms with E-state index in [0.29, 0.717) is 10.7 Å². The highest BCUT2D eigenvalue weighted by molar-refractivity contribution is 6.30. The number of hydrogen-bond acceptors (Lipinski definition) is 5. The molecule has 0 saturated heterocycles. The van der Waals surface area contributed by atoms with Gasteiger partial charge in [-0.25, -0.2) is 14.8 Å². The zero-order chi connectivity index (χ0) is 26.4. The minimum absolute atomic E-state index is 0.0329. The van der Waals surface area contributed by atoms with E-state index < -0.39 is 5.97 Å². The van der Waals surface area contributed by atoms with E-state index in [1.54, 1.807) is 30.7 Å². The highest BCUT2D eigenvalue weighted by Gasteiger charge is 2.23. The number of aryl methyl sites for hydroxylation is 1. The van der Waals surface area contributed by atoms with Crippen molar-refractivity contribution in [3.05, 3.63) is 71.0 Å². The minimum atomic E-state index is -1.03. The Hall–Kier alpha value is -2.70. The molecular weight excluding hydrogens is 474 g/mol. The van der Waals surface area contributed by atoms with Gasteiger partial charge in [0.25, 0.3) is 0 Å². The summed E-state index contributed by atoms with van der Waals surface area (Å²) in [6.07, 6.45) is 14.2. The van der Waals surface area contributed by atoms with Crippen LogP contribution >= 0.6 is 11.6 Å². The van der Waals surface area contributed by atoms with Crippen molar-refractivity contribution in [3.63, 3.8) is 0 Å². The van der Waals surface area contributed by atoms with Gasteiger partial charge >= 0.3 is 5.97 Å². The van der Waals surface area contributed by atoms with Gasteiger partial charge in [0.2, 0.25) is 5.89 Å². The quantitative estimate of drug-likeness (QED) is 0.225. The molecule has 7 heteroatoms. The van der Waals surface area contributed by atoms with Crippen molar-refractivity contribution in [1.29, 1.82) is 0 Å². The summed E-state index contributed by atoms with van der Waals surface area (Å²) in [5.41, 5.74) is 2.25. The number of carboxylic acid groups (broad SMARTS) is 1. The molecule has 1 aromatic carbocycles. The minimum Gasteiger partial charge on any atom is -0.477 e. The van der Waals surface area contributed by atoms with E-state index in [0.717, 1.165) is 23.6 Å². The molecule has 0 unspecified atom stereocenters. The number of unbranched alkanes of at least 4 members (excludes halogenated alkanes) is 7. The molecule has 0 aliphatic carbocycles. The summed E-state index contributed by atoms with van der Waals surface area (Å²) in [5, 5.41) is 13.0. The molecule has 2 heterocycles. The normalized spacial score (nSPS) is 11.1. The number of aromatic carboxylic acids is 1. The van der Waals surface area contributed by atoms with Crippen LogP contribution in [0.4, 0.5) is 0 Å². The van der Waals surface area contributed by atoms with E-state index >= 15 is 0 Å². The molecule has 196 valence electrons. The molecule has 0 spiro atoms. The zero-order valence-electron chi connectivity index (χ0n) is 22.0. The number of hydrogen-bond donors (Lipinski definition) is 2. The van der Waals surface area contributed by atoms with E-state index in [4.69, 9.17) is 21.1 Å². The van der Waals surface area contributed by atoms with Gasteiger partial charge in [-0.05, 0) is 57.5 Å². The molecule has 0 aliphatic heterocycles. The molecule has 3 rings (SSSR count). The number of rotatable bonds is 13. The molecule has 0 radical (unpaired) electrons. The Morgan fingerprint density at radius 1 is 1.06 bits per heavy atom. The van der Waals surface area contributed by atoms with Gasteiger partial charge in [-0.1, -0.05) is 81.7 Å². The van der Waals surface area contributed by atoms with Gasteiger partial charge < -0.3 is 14.8 Å². The molecule has 0 bridgehead atoms. The monoisotopic (exact) mass is 513 g/mol. The maximum Gasteiger partial charge on any atom is 0.354 e. The van der Waals surface area contributed by atoms with Crippen molar-refractivity contribution in [2.75, 3.05) is 6.54 Å². The molecule has 6 nitrogen and oxygen atoms in total. The standard InChI is InChI=1S/C16H30N2O.C13H10ClNO2/c1-4-5-6-7-8-9-10-11-12-18-16(2,3)15-17-13-14-19-15;1-8-5-6-11(13(16)17)15-12(8)9-3-2-4-10(14)7-9/h13-14,18H,4-12H2,1-3H3;2-7H,1H3,(H,16,17). The Labute approximate surface area is 220 Å². The average Bonchev–Trinajstić information content (AvgIpc) is 3.40. The number of halogens is 1. The van der Waals surface area contributed by atoms with Crippen LogP contribution in [0.5, 0.6) is 0 Å². The SMILES string of the molecule is CCCCCCCCCCNC(C)(C)c1ncco1.Cc1ccc(C(=O)O)nc1-c1cccc(Cl)c1. The van der Waals surface area contributed by atoms with Crippen molar-refractivity contribution in [3.8, 4) is 11.3 Å². The van der Waals surface area contributed by atoms with Crippen molar-refractivity contribution >= 4 is 17.6 Å². The predicted molar refractivity (Wildman–Crippen MR) is 147 cm³/mol. The molecule has 0 fully saturated rings. The van der Waals surface area contributed by atoms with Crippen LogP contribution in [-0.2, 0) is 5.54 Å². The number of oxazole rings is 1. The fourth-order valence-electron chi connectivity index (χ4n) is 3.84. The number of aromatic nitrogens is 2. The molecular formula is C29H40ClN3O3. The first-order chi connectivity index (χ1) is 17.2. The highest BCUT2D eigenvalue weighted by Crippen LogP contribution is 2.24. The third kappa shape index (κ3) is 10.1. The molecule has 3 aromatic rings. The molecule has 36 heavy (non-hydrogen) atoms. The zero-order valence-corrected chi connectivity index (χ0v) is 22.8. The summed E-state index contributed by atoms with van der Waals surface area (Å²) in [6.45, 7) is 9.41. The van der Waals surface area contributed by atoms with Crippen LogP contribution < -0.4 is 5.32 Å². The molecule has 2 N–H and O–H groups in total. The number of carbonyl (C=O) groups is 1. The molecule has 0 atom stereocenters. The summed E-state index contributed by atoms with van der Waals surface area (Å²) >= 11 is 5.91. The van der Waals surface area contributed by atoms with Crippen LogP contribution in [0, 0.1) is 6.92 Å². The molecule has 0 aliphatic rings. The van der Waals surface area contributed by atoms with Crippen LogP contribution in [0.25, 0.3) is 11.3 Å². The first kappa shape index (κ1) is 29.5. The van der Waals surface area contributed by atoms with Gasteiger partial charge in [0.15, 0.2) is 0 Å². The van der Waals surface area contributed by atoms with E-state index in [1.807, 2.05) is 19.1 Å². The first-order valence-electron chi connectivity index (χ1n) is 12.9. The smallest absolute Gasteiger partial charge is 0.354 e. The number of pyridine rings is 1. The van der Waals surface area contributed by atoms with E-state index in [2.05, 4.69) is 36.1 Å². The van der Waals surface area contributed by atoms with E-state index in [-0.39, 0.29) is 11.2 Å². The third-order valence-corrected chi connectivity index (χ3v) is 6.21. The Kier molecular flexibility index (Phi) is 12.6. The fourth-order valence-corrected chi connectivity index (χ4v) is 4.03. The van der Waals surface area contributed by atoms with Gasteiger partial charge in [-0.3, -0.25) is 0 Å². The second-order valence-corrected chi connectivity index (χ2v) is 9.98. The van der Waals surface area contributed by atoms with Gasteiger partial charge in [0.1, 0.15) is 12.0 Å². The van der Waals surface area contributed by atoms with Crippen molar-refractivity contribution in [2.45, 2.75) is 84.6 Å². The molecule has 0 saturated carbocycles. The van der Waals surface area contributed by atoms with Crippen LogP contribution in [0.2, 0.25) is 5.02 Å². The second kappa shape index (κ2) is 15.4. The summed E-state index contributed by atoms with van der Waals surface area (Å²) in [6, 6.07) is 10.4. The Morgan fingerprint density at radius 2 is 1.75 bits per heavy atom. The molecule has 2 aromatic heterocycles. The lowest BCUT2D eigenvalue weighted by Crippen LogP contribution is -2.37. The van der Waals surface area contributed by atoms with Crippen molar-refractivity contribution < 1.29 is 14.3 Å². The first-order valence-corrected chi connectivity index (χ1v) is 13.2. The highest BCUT2D eigenvalue weighted by atomic mass is 35.5. The lowest BCUT2D eigenvalue weighted by molar-refractivity contribution is 0.0690. The van der Waals surface area contributed by atoms with Gasteiger partial charge in [0, 0.05) is 10.6 Å². The second-order valence-electron chi connectivity index (χ2n) is 9.54. The van der Waals surface area contributed by atoms with Crippen LogP contribution in [-0.4, -0.2) is 27.6 Å². The number of carboxylic acids is 1. The van der Waals surface area contributed by atoms with Crippen LogP contribution in [0.1, 0.15) is 94.1 Å². The van der Waals surface area contributed by atoms with E-state index in [9.17, 15) is 4.79 Å². The van der Waals surface area contributed by atoms with Gasteiger partial charge in [-0.2, -0.15) is 0 Å². The van der Waals surface area contributed by atoms with Crippen LogP contribution in [0.15, 0.2) is 53.3 Å². The van der Waals surface area contributed by atoms with E-state index in [1.165, 1.54) is 57.4 Å². The summed E-state index contributed by atoms with van der Waals surface area (Å²) in [5.74, 6) is -0.264. The topological polar surface area (TPSA) is 88.2 Å². The lowest BCUT2D eigenvalue weighted by atomic mass is 10.0. The Balaban J connectivity index is 0.000000255. The maximum atomic E-state index is 10.9. The third-order valence-electron chi connectivity index (χ3n) is 5.98. The van der Waals surface area contributed by atoms with Crippen molar-refractivity contribution in [2.24, 2.45) is 0 Å². The van der Waals surface area contributed by atoms with Gasteiger partial charge in [0.05, 0.1) is 17.4 Å². The largest absolute Gasteiger partial charge is 0.477 e. The average molecular weight is 514 g/mol. The lowest BCUT2D eigenvalue weighted by Gasteiger charge is -2.22. The summed E-state index contributed by atoms with van der Waals surface area (Å²) in [4.78, 5) is 19.2. The summed E-state index contributed by atoms with van der Waals surface area (Å²) in [7, 11) is 0. The fraction of sp³-hybridized carbons (Fsp3) is 0.483. The Bertz CT molecular complexity index is 1050. The Morgan fingerprint density at radius 3 is 2.36 bits per heavy atom. The maximum absolute atomic E-state index is 10.9. The summed E-state index contributed by atoms with van der Waals surface area (Å²) < 4.78 is 5.36. The predicted octanol–water partition coefficient (Wildman–Crippen LogP) is 8.05. The number of nitrogens with zero attached hydrogens (tertiary/aromatic N) is 2. The number of nitrogens with one attached hydrogen (secondary N) is 1. The number of benzene rings is 1. The van der Waals surface area contributed by atoms with Gasteiger partial charge in [-0.15, -0.1) is 0 Å². The van der Waals surface area contributed by atoms with Crippen molar-refractivity contribution in [1.82, 2.24) is 15.3 Å².